The van der Waals surface area contributed by atoms with E-state index in [0.717, 1.165) is 6.42 Å². The number of hydrogen-bond acceptors (Lipinski definition) is 8. The number of anilines is 1. The van der Waals surface area contributed by atoms with Crippen molar-refractivity contribution in [2.75, 3.05) is 19.0 Å². The monoisotopic (exact) mass is 483 g/mol. The molecule has 0 spiro atoms. The number of nitrogens with zero attached hydrogens (tertiary/aromatic N) is 3. The number of terminal acetylenes is 1. The lowest BCUT2D eigenvalue weighted by atomic mass is 9.85. The molecule has 2 aliphatic rings. The summed E-state index contributed by atoms with van der Waals surface area (Å²) in [6.45, 7) is 5.72. The van der Waals surface area contributed by atoms with E-state index in [0.29, 0.717) is 28.7 Å². The topological polar surface area (TPSA) is 112 Å². The van der Waals surface area contributed by atoms with E-state index < -0.39 is 23.4 Å². The van der Waals surface area contributed by atoms with E-state index in [1.54, 1.807) is 27.0 Å². The molecule has 0 saturated heterocycles. The van der Waals surface area contributed by atoms with E-state index in [9.17, 15) is 4.79 Å². The molecule has 1 saturated carbocycles. The number of amides is 1. The molecule has 34 heavy (non-hydrogen) atoms. The van der Waals surface area contributed by atoms with Crippen molar-refractivity contribution in [1.29, 1.82) is 0 Å². The van der Waals surface area contributed by atoms with E-state index in [2.05, 4.69) is 26.2 Å². The highest BCUT2D eigenvalue weighted by Gasteiger charge is 2.66. The lowest BCUT2D eigenvalue weighted by molar-refractivity contribution is 0.102. The number of rotatable bonds is 7. The van der Waals surface area contributed by atoms with Crippen LogP contribution in [0.25, 0.3) is 0 Å². The molecule has 1 amide bonds. The van der Waals surface area contributed by atoms with Crippen LogP contribution in [0.1, 0.15) is 42.0 Å². The molecule has 1 aromatic carbocycles. The van der Waals surface area contributed by atoms with Crippen LogP contribution in [0.2, 0.25) is 0 Å². The van der Waals surface area contributed by atoms with Gasteiger partial charge in [0.1, 0.15) is 11.5 Å². The number of nitrogens with one attached hydrogen (secondary N) is 1. The van der Waals surface area contributed by atoms with Gasteiger partial charge in [0.2, 0.25) is 5.88 Å². The predicted octanol–water partition coefficient (Wildman–Crippen LogP) is 3.26. The average Bonchev–Trinajstić information content (AvgIpc) is 3.49. The van der Waals surface area contributed by atoms with Gasteiger partial charge in [0.25, 0.3) is 5.91 Å². The van der Waals surface area contributed by atoms with Crippen LogP contribution in [0, 0.1) is 31.0 Å². The van der Waals surface area contributed by atoms with Crippen molar-refractivity contribution in [1.82, 2.24) is 9.97 Å². The number of nitrogens with two attached hydrogens (primary N) is 1. The zero-order valence-electron chi connectivity index (χ0n) is 19.4. The fraction of sp³-hybridized carbons (Fsp3) is 0.417. The van der Waals surface area contributed by atoms with E-state index in [4.69, 9.17) is 21.6 Å². The number of ether oxygens (including phenoxy) is 2. The van der Waals surface area contributed by atoms with E-state index in [1.165, 1.54) is 30.1 Å². The van der Waals surface area contributed by atoms with Crippen LogP contribution in [-0.2, 0) is 10.3 Å². The summed E-state index contributed by atoms with van der Waals surface area (Å²) in [7, 11) is 1.64. The Bertz CT molecular complexity index is 1220. The van der Waals surface area contributed by atoms with Gasteiger partial charge in [-0.15, -0.1) is 6.42 Å². The molecule has 10 heteroatoms. The van der Waals surface area contributed by atoms with Gasteiger partial charge in [-0.3, -0.25) is 9.79 Å². The molecule has 1 aliphatic carbocycles. The van der Waals surface area contributed by atoms with Gasteiger partial charge in [-0.25, -0.2) is 14.4 Å². The Morgan fingerprint density at radius 2 is 2.26 bits per heavy atom. The van der Waals surface area contributed by atoms with Crippen molar-refractivity contribution >= 4 is 28.5 Å². The SMILES string of the molecule is C#C[C@H](C)Oc1cnc(C(=O)Nc2ccc(F)c([C@]3(C)N=C(N)S[C@@]4(COC)C[C@H]43)c2)c(C)n1. The Morgan fingerprint density at radius 1 is 1.50 bits per heavy atom. The third kappa shape index (κ3) is 4.33. The first kappa shape index (κ1) is 24.0. The fourth-order valence-electron chi connectivity index (χ4n) is 4.47. The number of aliphatic imine (C=N–C) groups is 1. The number of carbonyl (C=O) groups excluding carboxylic acids is 1. The molecule has 0 unspecified atom stereocenters. The zero-order chi connectivity index (χ0) is 24.7. The number of halogens is 1. The Hall–Kier alpha value is -3.16. The smallest absolute Gasteiger partial charge is 0.276 e. The summed E-state index contributed by atoms with van der Waals surface area (Å²) in [5.74, 6) is 1.83. The Balaban J connectivity index is 1.58. The van der Waals surface area contributed by atoms with Gasteiger partial charge in [-0.2, -0.15) is 0 Å². The molecule has 3 N–H and O–H groups in total. The maximum absolute atomic E-state index is 15.0. The number of methoxy groups -OCH3 is 1. The minimum atomic E-state index is -0.874. The quantitative estimate of drug-likeness (QED) is 0.582. The van der Waals surface area contributed by atoms with Gasteiger partial charge in [-0.05, 0) is 45.4 Å². The number of benzene rings is 1. The first-order valence-electron chi connectivity index (χ1n) is 10.7. The fourth-order valence-corrected chi connectivity index (χ4v) is 5.92. The van der Waals surface area contributed by atoms with Gasteiger partial charge in [0, 0.05) is 24.3 Å². The molecule has 2 aromatic rings. The van der Waals surface area contributed by atoms with Crippen LogP contribution in [0.15, 0.2) is 29.4 Å². The molecule has 4 atom stereocenters. The lowest BCUT2D eigenvalue weighted by Gasteiger charge is -2.34. The Kier molecular flexibility index (Phi) is 6.27. The average molecular weight is 484 g/mol. The van der Waals surface area contributed by atoms with Crippen LogP contribution >= 0.6 is 11.8 Å². The number of aromatic nitrogens is 2. The maximum atomic E-state index is 15.0. The Labute approximate surface area is 201 Å². The molecule has 0 bridgehead atoms. The minimum Gasteiger partial charge on any atom is -0.460 e. The summed E-state index contributed by atoms with van der Waals surface area (Å²) in [6, 6.07) is 4.42. The second kappa shape index (κ2) is 8.89. The number of amidine groups is 1. The summed E-state index contributed by atoms with van der Waals surface area (Å²) in [5.41, 5.74) is 6.52. The molecule has 8 nitrogen and oxygen atoms in total. The van der Waals surface area contributed by atoms with Crippen molar-refractivity contribution in [2.45, 2.75) is 43.6 Å². The van der Waals surface area contributed by atoms with Crippen LogP contribution in [0.5, 0.6) is 5.88 Å². The lowest BCUT2D eigenvalue weighted by Crippen LogP contribution is -2.37. The van der Waals surface area contributed by atoms with Crippen molar-refractivity contribution in [3.8, 4) is 18.2 Å². The van der Waals surface area contributed by atoms with Crippen LogP contribution in [-0.4, -0.2) is 45.6 Å². The van der Waals surface area contributed by atoms with Gasteiger partial charge in [0.15, 0.2) is 11.3 Å². The normalized spacial score (nSPS) is 26.0. The molecule has 2 heterocycles. The standard InChI is InChI=1S/C24H26FN5O3S/c1-6-13(2)33-19-11-27-20(14(3)28-19)21(31)29-15-7-8-17(25)16(9-15)23(4)18-10-24(18,12-32-5)34-22(26)30-23/h1,7-9,11,13,18H,10,12H2,2-5H3,(H2,26,30)(H,29,31)/t13-,18-,23-,24+/m0/s1. The van der Waals surface area contributed by atoms with Gasteiger partial charge in [-0.1, -0.05) is 17.7 Å². The van der Waals surface area contributed by atoms with Gasteiger partial charge < -0.3 is 20.5 Å². The maximum Gasteiger partial charge on any atom is 0.276 e. The van der Waals surface area contributed by atoms with Gasteiger partial charge in [0.05, 0.1) is 28.8 Å². The third-order valence-corrected chi connectivity index (χ3v) is 7.46. The molecule has 1 aliphatic heterocycles. The van der Waals surface area contributed by atoms with Gasteiger partial charge >= 0.3 is 0 Å². The summed E-state index contributed by atoms with van der Waals surface area (Å²) >= 11 is 1.48. The molecule has 4 rings (SSSR count). The Morgan fingerprint density at radius 3 is 2.94 bits per heavy atom. The predicted molar refractivity (Wildman–Crippen MR) is 129 cm³/mol. The van der Waals surface area contributed by atoms with E-state index in [1.807, 2.05) is 6.92 Å². The second-order valence-corrected chi connectivity index (χ2v) is 10.1. The van der Waals surface area contributed by atoms with Crippen molar-refractivity contribution in [3.63, 3.8) is 0 Å². The summed E-state index contributed by atoms with van der Waals surface area (Å²) in [5, 5.41) is 3.18. The highest BCUT2D eigenvalue weighted by Crippen LogP contribution is 2.66. The van der Waals surface area contributed by atoms with E-state index >= 15 is 4.39 Å². The minimum absolute atomic E-state index is 0.0590. The molecule has 1 aromatic heterocycles. The van der Waals surface area contributed by atoms with Crippen LogP contribution in [0.3, 0.4) is 0 Å². The van der Waals surface area contributed by atoms with Crippen molar-refractivity contribution in [3.05, 3.63) is 47.2 Å². The number of aryl methyl sites for hydroxylation is 1. The molecule has 1 fully saturated rings. The first-order chi connectivity index (χ1) is 16.1. The number of fused-ring (bicyclic) bond motifs is 1. The summed E-state index contributed by atoms with van der Waals surface area (Å²) in [4.78, 5) is 25.9. The highest BCUT2D eigenvalue weighted by molar-refractivity contribution is 8.15. The third-order valence-electron chi connectivity index (χ3n) is 6.18. The van der Waals surface area contributed by atoms with Crippen molar-refractivity contribution in [2.24, 2.45) is 16.6 Å². The van der Waals surface area contributed by atoms with E-state index in [-0.39, 0.29) is 22.2 Å². The zero-order valence-corrected chi connectivity index (χ0v) is 20.2. The molecular weight excluding hydrogens is 457 g/mol. The highest BCUT2D eigenvalue weighted by atomic mass is 32.2. The van der Waals surface area contributed by atoms with Crippen LogP contribution in [0.4, 0.5) is 10.1 Å². The number of carbonyl (C=O) groups is 1. The molecular formula is C24H26FN5O3S. The largest absolute Gasteiger partial charge is 0.460 e. The molecule has 0 radical (unpaired) electrons. The second-order valence-electron chi connectivity index (χ2n) is 8.67. The van der Waals surface area contributed by atoms with Crippen molar-refractivity contribution < 1.29 is 18.7 Å². The molecule has 178 valence electrons. The summed E-state index contributed by atoms with van der Waals surface area (Å²) in [6.07, 6.45) is 6.99. The summed E-state index contributed by atoms with van der Waals surface area (Å²) < 4.78 is 25.6. The number of hydrogen-bond donors (Lipinski definition) is 2. The number of thioether (sulfide) groups is 1. The first-order valence-corrected chi connectivity index (χ1v) is 11.5. The van der Waals surface area contributed by atoms with Crippen LogP contribution < -0.4 is 15.8 Å².